The van der Waals surface area contributed by atoms with E-state index in [0.29, 0.717) is 30.9 Å². The summed E-state index contributed by atoms with van der Waals surface area (Å²) in [6.45, 7) is 0.750. The lowest BCUT2D eigenvalue weighted by Crippen LogP contribution is -2.47. The maximum Gasteiger partial charge on any atom is 0.325 e. The Morgan fingerprint density at radius 2 is 1.86 bits per heavy atom. The van der Waals surface area contributed by atoms with E-state index in [0.717, 1.165) is 21.4 Å². The van der Waals surface area contributed by atoms with Crippen molar-refractivity contribution in [2.45, 2.75) is 31.7 Å². The smallest absolute Gasteiger partial charge is 0.325 e. The van der Waals surface area contributed by atoms with Crippen LogP contribution in [0.2, 0.25) is 0 Å². The number of hydrogen-bond acceptors (Lipinski definition) is 4. The number of aryl methyl sites for hydroxylation is 1. The van der Waals surface area contributed by atoms with E-state index < -0.39 is 65.5 Å². The summed E-state index contributed by atoms with van der Waals surface area (Å²) < 4.78 is 40.4. The number of amides is 5. The number of benzene rings is 2. The quantitative estimate of drug-likeness (QED) is 0.463. The van der Waals surface area contributed by atoms with Gasteiger partial charge in [0, 0.05) is 6.54 Å². The molecule has 2 N–H and O–H groups in total. The summed E-state index contributed by atoms with van der Waals surface area (Å²) in [4.78, 5) is 53.3. The number of nitrogens with zero attached hydrogens (tertiary/aromatic N) is 2. The molecule has 1 aliphatic carbocycles. The molecule has 0 radical (unpaired) electrons. The van der Waals surface area contributed by atoms with Crippen molar-refractivity contribution in [3.05, 3.63) is 65.0 Å². The minimum atomic E-state index is -1.73. The molecule has 0 saturated carbocycles. The van der Waals surface area contributed by atoms with Crippen molar-refractivity contribution in [3.8, 4) is 0 Å². The summed E-state index contributed by atoms with van der Waals surface area (Å²) in [7, 11) is 0. The summed E-state index contributed by atoms with van der Waals surface area (Å²) in [6, 6.07) is 8.11. The molecule has 184 valence electrons. The summed E-state index contributed by atoms with van der Waals surface area (Å²) >= 11 is 0. The monoisotopic (exact) mass is 488 g/mol. The highest BCUT2D eigenvalue weighted by Gasteiger charge is 2.55. The first-order valence-electron chi connectivity index (χ1n) is 11.1. The number of nitrogens with one attached hydrogen (secondary N) is 2. The van der Waals surface area contributed by atoms with Crippen molar-refractivity contribution >= 4 is 29.4 Å². The fraction of sp³-hybridized carbons (Fsp3) is 0.333. The number of anilines is 1. The zero-order valence-electron chi connectivity index (χ0n) is 18.9. The van der Waals surface area contributed by atoms with Gasteiger partial charge in [0.2, 0.25) is 11.8 Å². The van der Waals surface area contributed by atoms with E-state index in [9.17, 15) is 32.3 Å². The van der Waals surface area contributed by atoms with Crippen molar-refractivity contribution in [1.82, 2.24) is 15.1 Å². The van der Waals surface area contributed by atoms with E-state index in [1.54, 1.807) is 19.1 Å². The van der Waals surface area contributed by atoms with Crippen LogP contribution in [0, 0.1) is 17.5 Å². The SMILES string of the molecule is CCCN(CC(=O)Nc1ccc(F)c(F)c1F)C(=O)CN1C(=O)NC2(CCc3ccccc32)C1=O. The Hall–Kier alpha value is -3.89. The third kappa shape index (κ3) is 4.33. The zero-order chi connectivity index (χ0) is 25.3. The summed E-state index contributed by atoms with van der Waals surface area (Å²) in [5.41, 5.74) is -0.145. The third-order valence-corrected chi connectivity index (χ3v) is 6.21. The zero-order valence-corrected chi connectivity index (χ0v) is 18.9. The summed E-state index contributed by atoms with van der Waals surface area (Å²) in [5.74, 6) is -6.75. The van der Waals surface area contributed by atoms with Gasteiger partial charge >= 0.3 is 6.03 Å². The number of carbonyl (C=O) groups is 4. The number of rotatable bonds is 7. The van der Waals surface area contributed by atoms with Gasteiger partial charge < -0.3 is 15.5 Å². The average molecular weight is 488 g/mol. The van der Waals surface area contributed by atoms with E-state index in [-0.39, 0.29) is 6.54 Å². The van der Waals surface area contributed by atoms with Gasteiger partial charge in [0.05, 0.1) is 12.2 Å². The third-order valence-electron chi connectivity index (χ3n) is 6.21. The number of urea groups is 1. The molecular weight excluding hydrogens is 465 g/mol. The molecule has 35 heavy (non-hydrogen) atoms. The minimum Gasteiger partial charge on any atom is -0.332 e. The Morgan fingerprint density at radius 1 is 1.11 bits per heavy atom. The van der Waals surface area contributed by atoms with Crippen LogP contribution in [-0.2, 0) is 26.3 Å². The predicted molar refractivity (Wildman–Crippen MR) is 119 cm³/mol. The maximum atomic E-state index is 13.9. The van der Waals surface area contributed by atoms with E-state index in [1.807, 2.05) is 12.1 Å². The average Bonchev–Trinajstić information content (AvgIpc) is 3.32. The molecule has 11 heteroatoms. The molecule has 2 aromatic rings. The molecular formula is C24H23F3N4O4. The molecule has 0 aromatic heterocycles. The number of carbonyl (C=O) groups excluding carboxylic acids is 4. The Bertz CT molecular complexity index is 1220. The van der Waals surface area contributed by atoms with Crippen LogP contribution in [0.25, 0.3) is 0 Å². The van der Waals surface area contributed by atoms with Crippen molar-refractivity contribution < 1.29 is 32.3 Å². The fourth-order valence-electron chi connectivity index (χ4n) is 4.52. The van der Waals surface area contributed by atoms with Gasteiger partial charge in [0.25, 0.3) is 5.91 Å². The Balaban J connectivity index is 1.45. The van der Waals surface area contributed by atoms with Crippen LogP contribution in [0.15, 0.2) is 36.4 Å². The molecule has 1 aliphatic heterocycles. The standard InChI is InChI=1S/C24H23F3N4O4/c1-2-11-30(12-18(32)28-17-8-7-16(25)20(26)21(17)27)19(33)13-31-22(34)24(29-23(31)35)10-9-14-5-3-4-6-15(14)24/h3-8H,2,9-13H2,1H3,(H,28,32)(H,29,35). The van der Waals surface area contributed by atoms with Gasteiger partial charge in [0.15, 0.2) is 17.5 Å². The van der Waals surface area contributed by atoms with Crippen LogP contribution >= 0.6 is 0 Å². The van der Waals surface area contributed by atoms with Crippen molar-refractivity contribution in [2.24, 2.45) is 0 Å². The second kappa shape index (κ2) is 9.40. The molecule has 1 atom stereocenters. The van der Waals surface area contributed by atoms with Crippen molar-refractivity contribution in [2.75, 3.05) is 25.0 Å². The minimum absolute atomic E-state index is 0.115. The normalized spacial score (nSPS) is 18.6. The Kier molecular flexibility index (Phi) is 6.51. The Labute approximate surface area is 199 Å². The van der Waals surface area contributed by atoms with Gasteiger partial charge in [-0.1, -0.05) is 31.2 Å². The molecule has 4 rings (SSSR count). The molecule has 2 aliphatic rings. The van der Waals surface area contributed by atoms with Crippen LogP contribution in [0.1, 0.15) is 30.9 Å². The van der Waals surface area contributed by atoms with E-state index >= 15 is 0 Å². The predicted octanol–water partition coefficient (Wildman–Crippen LogP) is 2.67. The molecule has 0 bridgehead atoms. The summed E-state index contributed by atoms with van der Waals surface area (Å²) in [6.07, 6.45) is 1.44. The molecule has 1 saturated heterocycles. The fourth-order valence-corrected chi connectivity index (χ4v) is 4.52. The van der Waals surface area contributed by atoms with E-state index in [1.165, 1.54) is 0 Å². The largest absolute Gasteiger partial charge is 0.332 e. The van der Waals surface area contributed by atoms with Crippen molar-refractivity contribution in [3.63, 3.8) is 0 Å². The van der Waals surface area contributed by atoms with Crippen LogP contribution in [-0.4, -0.2) is 53.2 Å². The molecule has 5 amide bonds. The van der Waals surface area contributed by atoms with Gasteiger partial charge in [-0.25, -0.2) is 18.0 Å². The first kappa shape index (κ1) is 24.2. The topological polar surface area (TPSA) is 98.8 Å². The number of halogens is 3. The second-order valence-corrected chi connectivity index (χ2v) is 8.47. The first-order valence-corrected chi connectivity index (χ1v) is 11.1. The lowest BCUT2D eigenvalue weighted by Gasteiger charge is -2.25. The molecule has 2 aromatic carbocycles. The van der Waals surface area contributed by atoms with Gasteiger partial charge in [-0.15, -0.1) is 0 Å². The Morgan fingerprint density at radius 3 is 2.60 bits per heavy atom. The molecule has 1 spiro atoms. The van der Waals surface area contributed by atoms with Gasteiger partial charge in [-0.2, -0.15) is 0 Å². The van der Waals surface area contributed by atoms with Crippen molar-refractivity contribution in [1.29, 1.82) is 0 Å². The molecule has 8 nitrogen and oxygen atoms in total. The van der Waals surface area contributed by atoms with Crippen LogP contribution in [0.3, 0.4) is 0 Å². The van der Waals surface area contributed by atoms with Gasteiger partial charge in [-0.05, 0) is 42.5 Å². The highest BCUT2D eigenvalue weighted by atomic mass is 19.2. The van der Waals surface area contributed by atoms with Gasteiger partial charge in [-0.3, -0.25) is 19.3 Å². The van der Waals surface area contributed by atoms with E-state index in [4.69, 9.17) is 0 Å². The second-order valence-electron chi connectivity index (χ2n) is 8.47. The van der Waals surface area contributed by atoms with Crippen LogP contribution < -0.4 is 10.6 Å². The molecule has 1 unspecified atom stereocenters. The lowest BCUT2D eigenvalue weighted by atomic mass is 9.92. The highest BCUT2D eigenvalue weighted by molar-refractivity contribution is 6.10. The molecule has 1 fully saturated rings. The number of imide groups is 1. The molecule has 1 heterocycles. The van der Waals surface area contributed by atoms with Crippen LogP contribution in [0.5, 0.6) is 0 Å². The maximum absolute atomic E-state index is 13.9. The van der Waals surface area contributed by atoms with Gasteiger partial charge in [0.1, 0.15) is 12.1 Å². The lowest BCUT2D eigenvalue weighted by molar-refractivity contribution is -0.140. The number of hydrogen-bond donors (Lipinski definition) is 2. The summed E-state index contributed by atoms with van der Waals surface area (Å²) in [5, 5.41) is 4.84. The first-order chi connectivity index (χ1) is 16.7. The highest BCUT2D eigenvalue weighted by Crippen LogP contribution is 2.41. The van der Waals surface area contributed by atoms with E-state index in [2.05, 4.69) is 10.6 Å². The van der Waals surface area contributed by atoms with Crippen LogP contribution in [0.4, 0.5) is 23.7 Å². The number of fused-ring (bicyclic) bond motifs is 2.